The number of hydrogen-bond donors (Lipinski definition) is 0. The van der Waals surface area contributed by atoms with Gasteiger partial charge in [0.1, 0.15) is 18.3 Å². The molecule has 0 N–H and O–H groups in total. The molecule has 3 rings (SSSR count). The van der Waals surface area contributed by atoms with Crippen LogP contribution in [0.5, 0.6) is 0 Å². The molecule has 1 unspecified atom stereocenters. The highest BCUT2D eigenvalue weighted by Gasteiger charge is 2.26. The van der Waals surface area contributed by atoms with Crippen molar-refractivity contribution in [2.24, 2.45) is 0 Å². The number of methoxy groups -OCH3 is 1. The van der Waals surface area contributed by atoms with E-state index >= 15 is 0 Å². The molecule has 1 aliphatic carbocycles. The van der Waals surface area contributed by atoms with Crippen molar-refractivity contribution in [2.75, 3.05) is 7.11 Å². The van der Waals surface area contributed by atoms with Crippen molar-refractivity contribution in [1.29, 1.82) is 0 Å². The molecule has 2 aliphatic heterocycles. The van der Waals surface area contributed by atoms with E-state index < -0.39 is 0 Å². The zero-order valence-electron chi connectivity index (χ0n) is 6.27. The molecule has 0 fully saturated rings. The largest absolute Gasteiger partial charge is 0.374 e. The monoisotopic (exact) mass is 154 g/mol. The van der Waals surface area contributed by atoms with Crippen LogP contribution in [0.3, 0.4) is 0 Å². The third-order valence-corrected chi connectivity index (χ3v) is 1.85. The van der Waals surface area contributed by atoms with E-state index in [4.69, 9.17) is 14.5 Å². The highest BCUT2D eigenvalue weighted by atomic mass is 17.2. The van der Waals surface area contributed by atoms with Crippen LogP contribution in [0.4, 0.5) is 0 Å². The third kappa shape index (κ3) is 1.22. The molecule has 3 heteroatoms. The normalized spacial score (nSPS) is 41.0. The summed E-state index contributed by atoms with van der Waals surface area (Å²) in [4.78, 5) is 10.0. The van der Waals surface area contributed by atoms with Crippen LogP contribution in [0.15, 0.2) is 24.3 Å². The van der Waals surface area contributed by atoms with Crippen LogP contribution >= 0.6 is 0 Å². The van der Waals surface area contributed by atoms with E-state index in [-0.39, 0.29) is 18.3 Å². The van der Waals surface area contributed by atoms with E-state index in [1.165, 1.54) is 0 Å². The molecule has 3 aliphatic rings. The average Bonchev–Trinajstić information content (AvgIpc) is 2.36. The van der Waals surface area contributed by atoms with Crippen LogP contribution in [-0.2, 0) is 14.5 Å². The first-order chi connectivity index (χ1) is 5.40. The van der Waals surface area contributed by atoms with Crippen molar-refractivity contribution in [1.82, 2.24) is 0 Å². The van der Waals surface area contributed by atoms with Gasteiger partial charge in [0.2, 0.25) is 0 Å². The molecule has 2 bridgehead atoms. The summed E-state index contributed by atoms with van der Waals surface area (Å²) in [6.45, 7) is 0. The van der Waals surface area contributed by atoms with E-state index in [0.717, 1.165) is 0 Å². The van der Waals surface area contributed by atoms with Gasteiger partial charge in [-0.15, -0.1) is 0 Å². The predicted octanol–water partition coefficient (Wildman–Crippen LogP) is 0.826. The van der Waals surface area contributed by atoms with Gasteiger partial charge in [0.15, 0.2) is 0 Å². The first kappa shape index (κ1) is 7.03. The van der Waals surface area contributed by atoms with E-state index in [0.29, 0.717) is 0 Å². The van der Waals surface area contributed by atoms with Crippen LogP contribution in [0.25, 0.3) is 0 Å². The van der Waals surface area contributed by atoms with Crippen LogP contribution in [0, 0.1) is 0 Å². The lowest BCUT2D eigenvalue weighted by atomic mass is 10.2. The second-order valence-corrected chi connectivity index (χ2v) is 2.59. The minimum atomic E-state index is -0.0880. The van der Waals surface area contributed by atoms with E-state index in [1.54, 1.807) is 7.11 Å². The minimum absolute atomic E-state index is 0.0150. The Morgan fingerprint density at radius 2 is 1.91 bits per heavy atom. The van der Waals surface area contributed by atoms with Gasteiger partial charge in [-0.25, -0.2) is 9.78 Å². The predicted molar refractivity (Wildman–Crippen MR) is 38.8 cm³/mol. The Bertz CT molecular complexity index is 198. The number of fused-ring (bicyclic) bond motifs is 2. The zero-order valence-corrected chi connectivity index (χ0v) is 6.27. The van der Waals surface area contributed by atoms with E-state index in [2.05, 4.69) is 0 Å². The SMILES string of the molecule is COC1C=C[C@@H]2C=C[C@H]1OO2. The van der Waals surface area contributed by atoms with Gasteiger partial charge in [0.05, 0.1) is 0 Å². The number of rotatable bonds is 1. The summed E-state index contributed by atoms with van der Waals surface area (Å²) in [5.41, 5.74) is 0. The molecule has 3 nitrogen and oxygen atoms in total. The Balaban J connectivity index is 2.21. The lowest BCUT2D eigenvalue weighted by Gasteiger charge is -2.20. The van der Waals surface area contributed by atoms with Gasteiger partial charge >= 0.3 is 0 Å². The van der Waals surface area contributed by atoms with Gasteiger partial charge < -0.3 is 4.74 Å². The van der Waals surface area contributed by atoms with Gasteiger partial charge in [-0.3, -0.25) is 0 Å². The number of hydrogen-bond acceptors (Lipinski definition) is 3. The maximum absolute atomic E-state index is 5.16. The average molecular weight is 154 g/mol. The van der Waals surface area contributed by atoms with Crippen LogP contribution < -0.4 is 0 Å². The summed E-state index contributed by atoms with van der Waals surface area (Å²) >= 11 is 0. The molecule has 2 heterocycles. The van der Waals surface area contributed by atoms with Crippen LogP contribution in [0.1, 0.15) is 0 Å². The van der Waals surface area contributed by atoms with Gasteiger partial charge in [0, 0.05) is 7.11 Å². The van der Waals surface area contributed by atoms with Crippen molar-refractivity contribution in [2.45, 2.75) is 18.3 Å². The Morgan fingerprint density at radius 1 is 1.09 bits per heavy atom. The first-order valence-electron chi connectivity index (χ1n) is 3.62. The molecule has 60 valence electrons. The summed E-state index contributed by atoms with van der Waals surface area (Å²) in [7, 11) is 1.66. The van der Waals surface area contributed by atoms with Gasteiger partial charge in [-0.1, -0.05) is 18.2 Å². The van der Waals surface area contributed by atoms with Crippen molar-refractivity contribution in [3.8, 4) is 0 Å². The second-order valence-electron chi connectivity index (χ2n) is 2.59. The molecule has 3 atom stereocenters. The minimum Gasteiger partial charge on any atom is -0.374 e. The molecule has 0 saturated carbocycles. The molecule has 0 aromatic carbocycles. The van der Waals surface area contributed by atoms with Crippen molar-refractivity contribution >= 4 is 0 Å². The molecular formula is C8H10O3. The van der Waals surface area contributed by atoms with E-state index in [9.17, 15) is 0 Å². The topological polar surface area (TPSA) is 27.7 Å². The van der Waals surface area contributed by atoms with Crippen molar-refractivity contribution in [3.05, 3.63) is 24.3 Å². The molecule has 0 aromatic heterocycles. The Hall–Kier alpha value is -0.640. The molecule has 0 amide bonds. The highest BCUT2D eigenvalue weighted by Crippen LogP contribution is 2.19. The maximum Gasteiger partial charge on any atom is 0.141 e. The first-order valence-corrected chi connectivity index (χ1v) is 3.62. The summed E-state index contributed by atoms with van der Waals surface area (Å²) in [5.74, 6) is 0. The Morgan fingerprint density at radius 3 is 2.55 bits per heavy atom. The van der Waals surface area contributed by atoms with Gasteiger partial charge in [-0.2, -0.15) is 0 Å². The van der Waals surface area contributed by atoms with Gasteiger partial charge in [-0.05, 0) is 6.08 Å². The molecular weight excluding hydrogens is 144 g/mol. The summed E-state index contributed by atoms with van der Waals surface area (Å²) in [6, 6.07) is 0. The maximum atomic E-state index is 5.16. The van der Waals surface area contributed by atoms with Crippen molar-refractivity contribution < 1.29 is 14.5 Å². The number of ether oxygens (including phenoxy) is 1. The Labute approximate surface area is 65.2 Å². The fourth-order valence-corrected chi connectivity index (χ4v) is 1.21. The standard InChI is InChI=1S/C8H10O3/c1-9-7-4-2-6-3-5-8(7)11-10-6/h2-8H,1H3/t6-,7?,8-/m1/s1. The van der Waals surface area contributed by atoms with Crippen LogP contribution in [-0.4, -0.2) is 25.4 Å². The fourth-order valence-electron chi connectivity index (χ4n) is 1.21. The lowest BCUT2D eigenvalue weighted by Crippen LogP contribution is -2.28. The summed E-state index contributed by atoms with van der Waals surface area (Å²) in [6.07, 6.45) is 7.67. The molecule has 0 aromatic rings. The quantitative estimate of drug-likeness (QED) is 0.413. The summed E-state index contributed by atoms with van der Waals surface area (Å²) in [5, 5.41) is 0. The molecule has 0 radical (unpaired) electrons. The molecule has 0 spiro atoms. The second kappa shape index (κ2) is 2.77. The lowest BCUT2D eigenvalue weighted by molar-refractivity contribution is -0.337. The highest BCUT2D eigenvalue weighted by molar-refractivity contribution is 5.15. The Kier molecular flexibility index (Phi) is 1.77. The van der Waals surface area contributed by atoms with E-state index in [1.807, 2.05) is 24.3 Å². The molecule has 11 heavy (non-hydrogen) atoms. The van der Waals surface area contributed by atoms with Crippen molar-refractivity contribution in [3.63, 3.8) is 0 Å². The smallest absolute Gasteiger partial charge is 0.141 e. The molecule has 0 saturated heterocycles. The zero-order chi connectivity index (χ0) is 7.68. The fraction of sp³-hybridized carbons (Fsp3) is 0.500. The third-order valence-electron chi connectivity index (χ3n) is 1.85. The van der Waals surface area contributed by atoms with Gasteiger partial charge in [0.25, 0.3) is 0 Å². The van der Waals surface area contributed by atoms with Crippen LogP contribution in [0.2, 0.25) is 0 Å². The summed E-state index contributed by atoms with van der Waals surface area (Å²) < 4.78 is 5.16.